The molecule has 0 saturated heterocycles. The Kier molecular flexibility index (Phi) is 5.06. The van der Waals surface area contributed by atoms with Crippen molar-refractivity contribution in [3.63, 3.8) is 0 Å². The van der Waals surface area contributed by atoms with Gasteiger partial charge in [0.05, 0.1) is 24.4 Å². The molecule has 0 aliphatic heterocycles. The van der Waals surface area contributed by atoms with E-state index >= 15 is 0 Å². The van der Waals surface area contributed by atoms with Crippen LogP contribution in [-0.4, -0.2) is 22.0 Å². The van der Waals surface area contributed by atoms with Crippen molar-refractivity contribution in [3.8, 4) is 0 Å². The van der Waals surface area contributed by atoms with E-state index < -0.39 is 11.8 Å². The van der Waals surface area contributed by atoms with Crippen LogP contribution in [0.3, 0.4) is 0 Å². The number of nitrogens with zero attached hydrogens (tertiary/aromatic N) is 4. The minimum Gasteiger partial charge on any atom is -0.466 e. The molecule has 2 aromatic heterocycles. The standard InChI is InChI=1S/C19H19FN4O2/c1-4-26-18(25)10-16-19(24-11-14(20)7-8-17(24)21-16)23-22-15-9-12(2)5-6-13(15)3/h5-9,11H,4,10H2,1-3H3. The Morgan fingerprint density at radius 3 is 2.81 bits per heavy atom. The van der Waals surface area contributed by atoms with Crippen molar-refractivity contribution in [2.75, 3.05) is 6.61 Å². The minimum atomic E-state index is -0.430. The van der Waals surface area contributed by atoms with Crippen LogP contribution in [0.25, 0.3) is 5.65 Å². The van der Waals surface area contributed by atoms with Gasteiger partial charge in [-0.1, -0.05) is 12.1 Å². The van der Waals surface area contributed by atoms with E-state index in [4.69, 9.17) is 4.74 Å². The Morgan fingerprint density at radius 2 is 2.04 bits per heavy atom. The molecule has 7 heteroatoms. The largest absolute Gasteiger partial charge is 0.466 e. The first-order valence-corrected chi connectivity index (χ1v) is 8.29. The predicted molar refractivity (Wildman–Crippen MR) is 95.6 cm³/mol. The van der Waals surface area contributed by atoms with Crippen LogP contribution < -0.4 is 0 Å². The molecule has 0 N–H and O–H groups in total. The third-order valence-electron chi connectivity index (χ3n) is 3.86. The summed E-state index contributed by atoms with van der Waals surface area (Å²) < 4.78 is 20.1. The number of fused-ring (bicyclic) bond motifs is 1. The van der Waals surface area contributed by atoms with Crippen molar-refractivity contribution in [3.05, 3.63) is 59.2 Å². The number of halogens is 1. The highest BCUT2D eigenvalue weighted by Crippen LogP contribution is 2.27. The SMILES string of the molecule is CCOC(=O)Cc1nc2ccc(F)cn2c1N=Nc1cc(C)ccc1C. The highest BCUT2D eigenvalue weighted by Gasteiger charge is 2.17. The second-order valence-corrected chi connectivity index (χ2v) is 5.93. The molecule has 0 atom stereocenters. The Balaban J connectivity index is 2.06. The van der Waals surface area contributed by atoms with Gasteiger partial charge < -0.3 is 4.74 Å². The Morgan fingerprint density at radius 1 is 1.23 bits per heavy atom. The molecule has 0 saturated carbocycles. The van der Waals surface area contributed by atoms with Crippen LogP contribution in [0, 0.1) is 19.7 Å². The van der Waals surface area contributed by atoms with E-state index in [1.54, 1.807) is 6.92 Å². The number of hydrogen-bond donors (Lipinski definition) is 0. The molecular formula is C19H19FN4O2. The van der Waals surface area contributed by atoms with E-state index in [0.717, 1.165) is 11.1 Å². The Labute approximate surface area is 150 Å². The monoisotopic (exact) mass is 354 g/mol. The van der Waals surface area contributed by atoms with Crippen molar-refractivity contribution in [2.24, 2.45) is 10.2 Å². The van der Waals surface area contributed by atoms with Gasteiger partial charge in [0.2, 0.25) is 0 Å². The number of benzene rings is 1. The number of aryl methyl sites for hydroxylation is 2. The lowest BCUT2D eigenvalue weighted by molar-refractivity contribution is -0.142. The second-order valence-electron chi connectivity index (χ2n) is 5.93. The predicted octanol–water partition coefficient (Wildman–Crippen LogP) is 4.61. The van der Waals surface area contributed by atoms with Crippen molar-refractivity contribution in [2.45, 2.75) is 27.2 Å². The minimum absolute atomic E-state index is 0.0573. The van der Waals surface area contributed by atoms with E-state index in [0.29, 0.717) is 22.8 Å². The lowest BCUT2D eigenvalue weighted by Gasteiger charge is -2.02. The molecule has 1 aromatic carbocycles. The Hall–Kier alpha value is -3.09. The number of aromatic nitrogens is 2. The normalized spacial score (nSPS) is 11.4. The molecule has 0 spiro atoms. The summed E-state index contributed by atoms with van der Waals surface area (Å²) in [5.74, 6) is -0.534. The fraction of sp³-hybridized carbons (Fsp3) is 0.263. The maximum absolute atomic E-state index is 13.7. The van der Waals surface area contributed by atoms with E-state index in [2.05, 4.69) is 15.2 Å². The number of carbonyl (C=O) groups excluding carboxylic acids is 1. The topological polar surface area (TPSA) is 68.3 Å². The number of esters is 1. The Bertz CT molecular complexity index is 995. The molecule has 0 radical (unpaired) electrons. The van der Waals surface area contributed by atoms with E-state index in [1.807, 2.05) is 32.0 Å². The molecule has 0 amide bonds. The number of ether oxygens (including phenoxy) is 1. The summed E-state index contributed by atoms with van der Waals surface area (Å²) in [6, 6.07) is 8.69. The van der Waals surface area contributed by atoms with Crippen LogP contribution in [0.2, 0.25) is 0 Å². The van der Waals surface area contributed by atoms with E-state index in [9.17, 15) is 9.18 Å². The molecule has 6 nitrogen and oxygen atoms in total. The van der Waals surface area contributed by atoms with Gasteiger partial charge in [-0.25, -0.2) is 9.37 Å². The van der Waals surface area contributed by atoms with Crippen LogP contribution in [0.5, 0.6) is 0 Å². The smallest absolute Gasteiger partial charge is 0.312 e. The summed E-state index contributed by atoms with van der Waals surface area (Å²) >= 11 is 0. The summed E-state index contributed by atoms with van der Waals surface area (Å²) in [4.78, 5) is 16.2. The van der Waals surface area contributed by atoms with Gasteiger partial charge in [0.1, 0.15) is 11.5 Å². The summed E-state index contributed by atoms with van der Waals surface area (Å²) in [6.07, 6.45) is 1.22. The van der Waals surface area contributed by atoms with Gasteiger partial charge in [-0.2, -0.15) is 0 Å². The first-order chi connectivity index (χ1) is 12.5. The number of azo groups is 1. The van der Waals surface area contributed by atoms with Gasteiger partial charge in [-0.15, -0.1) is 10.2 Å². The van der Waals surface area contributed by atoms with E-state index in [-0.39, 0.29) is 13.0 Å². The molecule has 2 heterocycles. The van der Waals surface area contributed by atoms with Crippen molar-refractivity contribution in [1.82, 2.24) is 9.38 Å². The van der Waals surface area contributed by atoms with Gasteiger partial charge in [0.25, 0.3) is 0 Å². The third-order valence-corrected chi connectivity index (χ3v) is 3.86. The molecule has 0 aliphatic rings. The maximum atomic E-state index is 13.7. The zero-order valence-corrected chi connectivity index (χ0v) is 14.9. The molecule has 26 heavy (non-hydrogen) atoms. The lowest BCUT2D eigenvalue weighted by Crippen LogP contribution is -2.07. The van der Waals surface area contributed by atoms with Gasteiger partial charge >= 0.3 is 5.97 Å². The summed E-state index contributed by atoms with van der Waals surface area (Å²) in [6.45, 7) is 5.91. The van der Waals surface area contributed by atoms with Crippen LogP contribution in [0.4, 0.5) is 15.9 Å². The quantitative estimate of drug-likeness (QED) is 0.496. The first-order valence-electron chi connectivity index (χ1n) is 8.29. The summed E-state index contributed by atoms with van der Waals surface area (Å²) in [5.41, 5.74) is 3.61. The summed E-state index contributed by atoms with van der Waals surface area (Å²) in [5, 5.41) is 8.56. The highest BCUT2D eigenvalue weighted by molar-refractivity contribution is 5.74. The maximum Gasteiger partial charge on any atom is 0.312 e. The van der Waals surface area contributed by atoms with Crippen molar-refractivity contribution < 1.29 is 13.9 Å². The second kappa shape index (κ2) is 7.43. The number of imidazole rings is 1. The number of rotatable bonds is 5. The molecule has 3 aromatic rings. The van der Waals surface area contributed by atoms with Gasteiger partial charge in [0.15, 0.2) is 5.82 Å². The van der Waals surface area contributed by atoms with Crippen molar-refractivity contribution in [1.29, 1.82) is 0 Å². The highest BCUT2D eigenvalue weighted by atomic mass is 19.1. The van der Waals surface area contributed by atoms with Crippen LogP contribution in [0.1, 0.15) is 23.7 Å². The fourth-order valence-corrected chi connectivity index (χ4v) is 2.56. The van der Waals surface area contributed by atoms with Gasteiger partial charge in [-0.3, -0.25) is 9.20 Å². The summed E-state index contributed by atoms with van der Waals surface area (Å²) in [7, 11) is 0. The van der Waals surface area contributed by atoms with Crippen LogP contribution >= 0.6 is 0 Å². The zero-order chi connectivity index (χ0) is 18.7. The molecule has 134 valence electrons. The first kappa shape index (κ1) is 17.7. The van der Waals surface area contributed by atoms with Crippen LogP contribution in [0.15, 0.2) is 46.8 Å². The van der Waals surface area contributed by atoms with E-state index in [1.165, 1.54) is 22.7 Å². The molecule has 3 rings (SSSR count). The third kappa shape index (κ3) is 3.77. The molecule has 0 unspecified atom stereocenters. The zero-order valence-electron chi connectivity index (χ0n) is 14.9. The number of hydrogen-bond acceptors (Lipinski definition) is 5. The van der Waals surface area contributed by atoms with Gasteiger partial charge in [0, 0.05) is 6.20 Å². The fourth-order valence-electron chi connectivity index (χ4n) is 2.56. The van der Waals surface area contributed by atoms with Gasteiger partial charge in [-0.05, 0) is 50.1 Å². The lowest BCUT2D eigenvalue weighted by atomic mass is 10.1. The van der Waals surface area contributed by atoms with Crippen molar-refractivity contribution >= 4 is 23.1 Å². The molecule has 0 bridgehead atoms. The average molecular weight is 354 g/mol. The van der Waals surface area contributed by atoms with Crippen LogP contribution in [-0.2, 0) is 16.0 Å². The molecular weight excluding hydrogens is 335 g/mol. The molecule has 0 aliphatic carbocycles. The average Bonchev–Trinajstić information content (AvgIpc) is 2.92. The number of carbonyl (C=O) groups is 1. The number of pyridine rings is 1. The molecule has 0 fully saturated rings.